The summed E-state index contributed by atoms with van der Waals surface area (Å²) in [7, 11) is 1.71. The van der Waals surface area contributed by atoms with E-state index in [0.717, 1.165) is 5.56 Å². The van der Waals surface area contributed by atoms with E-state index in [9.17, 15) is 10.2 Å². The van der Waals surface area contributed by atoms with Gasteiger partial charge in [0, 0.05) is 30.9 Å². The number of benzene rings is 1. The Morgan fingerprint density at radius 1 is 1.38 bits per heavy atom. The molecule has 0 saturated heterocycles. The number of hydrogen-bond acceptors (Lipinski definition) is 5. The number of aromatic nitrogens is 1. The molecule has 0 spiro atoms. The Labute approximate surface area is 146 Å². The zero-order valence-corrected chi connectivity index (χ0v) is 14.4. The van der Waals surface area contributed by atoms with Crippen molar-refractivity contribution in [3.8, 4) is 5.75 Å². The quantitative estimate of drug-likeness (QED) is 0.437. The highest BCUT2D eigenvalue weighted by molar-refractivity contribution is 7.80. The van der Waals surface area contributed by atoms with E-state index in [1.165, 1.54) is 17.4 Å². The maximum atomic E-state index is 10.1. The van der Waals surface area contributed by atoms with Crippen LogP contribution >= 0.6 is 12.2 Å². The SMILES string of the molecule is Cc1ncc(CO)c(/C=N/N(C)C(=S)NCc2ccccc2)c1O. The third kappa shape index (κ3) is 4.50. The van der Waals surface area contributed by atoms with Crippen molar-refractivity contribution in [1.82, 2.24) is 15.3 Å². The van der Waals surface area contributed by atoms with Crippen LogP contribution in [0.1, 0.15) is 22.4 Å². The van der Waals surface area contributed by atoms with Gasteiger partial charge in [0.1, 0.15) is 5.75 Å². The fraction of sp³-hybridized carbons (Fsp3) is 0.235. The number of pyridine rings is 1. The van der Waals surface area contributed by atoms with Gasteiger partial charge in [-0.05, 0) is 24.7 Å². The highest BCUT2D eigenvalue weighted by Gasteiger charge is 2.10. The standard InChI is InChI=1S/C17H20N4O2S/c1-12-16(23)15(14(11-22)9-18-12)10-20-21(2)17(24)19-8-13-6-4-3-5-7-13/h3-7,9-10,22-23H,8,11H2,1-2H3,(H,19,24)/b20-10+. The Morgan fingerprint density at radius 2 is 2.08 bits per heavy atom. The molecule has 0 atom stereocenters. The van der Waals surface area contributed by atoms with Crippen LogP contribution in [0.4, 0.5) is 0 Å². The van der Waals surface area contributed by atoms with Crippen LogP contribution in [0.5, 0.6) is 5.75 Å². The van der Waals surface area contributed by atoms with Crippen molar-refractivity contribution in [2.45, 2.75) is 20.1 Å². The third-order valence-corrected chi connectivity index (χ3v) is 3.88. The van der Waals surface area contributed by atoms with Gasteiger partial charge in [0.05, 0.1) is 18.5 Å². The number of aromatic hydroxyl groups is 1. The highest BCUT2D eigenvalue weighted by atomic mass is 32.1. The molecule has 126 valence electrons. The summed E-state index contributed by atoms with van der Waals surface area (Å²) in [5, 5.41) is 28.7. The van der Waals surface area contributed by atoms with Crippen LogP contribution in [0.2, 0.25) is 0 Å². The average Bonchev–Trinajstić information content (AvgIpc) is 2.61. The van der Waals surface area contributed by atoms with Gasteiger partial charge in [-0.25, -0.2) is 5.01 Å². The average molecular weight is 344 g/mol. The zero-order chi connectivity index (χ0) is 17.5. The molecule has 0 aliphatic rings. The second-order valence-corrected chi connectivity index (χ2v) is 5.59. The van der Waals surface area contributed by atoms with Gasteiger partial charge in [-0.1, -0.05) is 30.3 Å². The van der Waals surface area contributed by atoms with Gasteiger partial charge in [0.15, 0.2) is 5.11 Å². The van der Waals surface area contributed by atoms with Crippen molar-refractivity contribution in [3.05, 3.63) is 58.9 Å². The number of hydrogen-bond donors (Lipinski definition) is 3. The van der Waals surface area contributed by atoms with Gasteiger partial charge < -0.3 is 15.5 Å². The molecular weight excluding hydrogens is 324 g/mol. The molecule has 0 unspecified atom stereocenters. The van der Waals surface area contributed by atoms with Crippen LogP contribution in [0, 0.1) is 6.92 Å². The molecule has 0 aliphatic heterocycles. The summed E-state index contributed by atoms with van der Waals surface area (Å²) in [5.74, 6) is 0.00173. The van der Waals surface area contributed by atoms with Crippen molar-refractivity contribution >= 4 is 23.5 Å². The summed E-state index contributed by atoms with van der Waals surface area (Å²) in [6.45, 7) is 2.05. The summed E-state index contributed by atoms with van der Waals surface area (Å²) >= 11 is 5.29. The second kappa shape index (κ2) is 8.37. The normalized spacial score (nSPS) is 10.8. The molecule has 1 aromatic carbocycles. The molecule has 1 heterocycles. The van der Waals surface area contributed by atoms with Gasteiger partial charge in [-0.15, -0.1) is 0 Å². The molecule has 3 N–H and O–H groups in total. The van der Waals surface area contributed by atoms with Gasteiger partial charge in [-0.3, -0.25) is 4.98 Å². The van der Waals surface area contributed by atoms with Crippen molar-refractivity contribution < 1.29 is 10.2 Å². The number of rotatable bonds is 5. The van der Waals surface area contributed by atoms with Gasteiger partial charge in [-0.2, -0.15) is 5.10 Å². The first-order valence-corrected chi connectivity index (χ1v) is 7.81. The van der Waals surface area contributed by atoms with Crippen molar-refractivity contribution in [2.24, 2.45) is 5.10 Å². The first-order valence-electron chi connectivity index (χ1n) is 7.40. The van der Waals surface area contributed by atoms with E-state index in [-0.39, 0.29) is 12.4 Å². The molecule has 0 amide bonds. The maximum absolute atomic E-state index is 10.1. The van der Waals surface area contributed by atoms with Crippen LogP contribution in [0.15, 0.2) is 41.6 Å². The van der Waals surface area contributed by atoms with Crippen molar-refractivity contribution in [3.63, 3.8) is 0 Å². The van der Waals surface area contributed by atoms with Crippen molar-refractivity contribution in [2.75, 3.05) is 7.05 Å². The molecule has 7 heteroatoms. The predicted octanol–water partition coefficient (Wildman–Crippen LogP) is 1.93. The van der Waals surface area contributed by atoms with Crippen LogP contribution in [0.25, 0.3) is 0 Å². The summed E-state index contributed by atoms with van der Waals surface area (Å²) in [6.07, 6.45) is 2.98. The molecule has 1 aromatic heterocycles. The van der Waals surface area contributed by atoms with E-state index in [2.05, 4.69) is 15.4 Å². The monoisotopic (exact) mass is 344 g/mol. The second-order valence-electron chi connectivity index (χ2n) is 5.20. The van der Waals surface area contributed by atoms with E-state index in [0.29, 0.717) is 28.5 Å². The van der Waals surface area contributed by atoms with E-state index in [1.54, 1.807) is 14.0 Å². The van der Waals surface area contributed by atoms with Crippen LogP contribution < -0.4 is 5.32 Å². The Bertz CT molecular complexity index is 735. The van der Waals surface area contributed by atoms with Gasteiger partial charge >= 0.3 is 0 Å². The molecule has 0 bridgehead atoms. The lowest BCUT2D eigenvalue weighted by Crippen LogP contribution is -2.33. The number of hydrazone groups is 1. The molecule has 0 saturated carbocycles. The fourth-order valence-electron chi connectivity index (χ4n) is 2.01. The molecule has 2 rings (SSSR count). The summed E-state index contributed by atoms with van der Waals surface area (Å²) in [6, 6.07) is 9.90. The Morgan fingerprint density at radius 3 is 2.75 bits per heavy atom. The number of aliphatic hydroxyl groups excluding tert-OH is 1. The minimum atomic E-state index is -0.234. The zero-order valence-electron chi connectivity index (χ0n) is 13.6. The van der Waals surface area contributed by atoms with Gasteiger partial charge in [0.25, 0.3) is 0 Å². The number of nitrogens with one attached hydrogen (secondary N) is 1. The summed E-state index contributed by atoms with van der Waals surface area (Å²) in [4.78, 5) is 4.01. The van der Waals surface area contributed by atoms with Gasteiger partial charge in [0.2, 0.25) is 0 Å². The predicted molar refractivity (Wildman–Crippen MR) is 97.8 cm³/mol. The third-order valence-electron chi connectivity index (χ3n) is 3.47. The van der Waals surface area contributed by atoms with E-state index in [1.807, 2.05) is 30.3 Å². The molecule has 2 aromatic rings. The van der Waals surface area contributed by atoms with Crippen molar-refractivity contribution in [1.29, 1.82) is 0 Å². The van der Waals surface area contributed by atoms with Crippen LogP contribution in [-0.2, 0) is 13.2 Å². The lowest BCUT2D eigenvalue weighted by atomic mass is 10.1. The number of nitrogens with zero attached hydrogens (tertiary/aromatic N) is 3. The lowest BCUT2D eigenvalue weighted by Gasteiger charge is -2.16. The smallest absolute Gasteiger partial charge is 0.189 e. The number of aryl methyl sites for hydroxylation is 1. The van der Waals surface area contributed by atoms with Crippen LogP contribution in [-0.4, -0.2) is 38.6 Å². The Hall–Kier alpha value is -2.51. The Kier molecular flexibility index (Phi) is 6.22. The summed E-state index contributed by atoms with van der Waals surface area (Å²) in [5.41, 5.74) is 2.52. The topological polar surface area (TPSA) is 81.0 Å². The highest BCUT2D eigenvalue weighted by Crippen LogP contribution is 2.21. The molecular formula is C17H20N4O2S. The maximum Gasteiger partial charge on any atom is 0.189 e. The lowest BCUT2D eigenvalue weighted by molar-refractivity contribution is 0.280. The largest absolute Gasteiger partial charge is 0.505 e. The van der Waals surface area contributed by atoms with E-state index >= 15 is 0 Å². The minimum Gasteiger partial charge on any atom is -0.505 e. The summed E-state index contributed by atoms with van der Waals surface area (Å²) < 4.78 is 0. The van der Waals surface area contributed by atoms with E-state index in [4.69, 9.17) is 12.2 Å². The molecule has 0 aliphatic carbocycles. The first kappa shape index (κ1) is 17.8. The molecule has 24 heavy (non-hydrogen) atoms. The molecule has 6 nitrogen and oxygen atoms in total. The number of aliphatic hydroxyl groups is 1. The van der Waals surface area contributed by atoms with E-state index < -0.39 is 0 Å². The first-order chi connectivity index (χ1) is 11.5. The number of thiocarbonyl (C=S) groups is 1. The Balaban J connectivity index is 2.03. The van der Waals surface area contributed by atoms with Crippen LogP contribution in [0.3, 0.4) is 0 Å². The molecule has 0 radical (unpaired) electrons. The molecule has 0 fully saturated rings. The minimum absolute atomic E-state index is 0.00173. The fourth-order valence-corrected chi connectivity index (χ4v) is 2.13.